The molecule has 5 heteroatoms. The Balaban J connectivity index is 1.31. The van der Waals surface area contributed by atoms with E-state index < -0.39 is 0 Å². The van der Waals surface area contributed by atoms with Crippen molar-refractivity contribution in [1.82, 2.24) is 15.1 Å². The summed E-state index contributed by atoms with van der Waals surface area (Å²) in [6.45, 7) is 6.92. The molecule has 1 saturated heterocycles. The molecule has 0 aliphatic carbocycles. The number of aromatic nitrogens is 2. The van der Waals surface area contributed by atoms with Crippen molar-refractivity contribution in [2.75, 3.05) is 31.1 Å². The van der Waals surface area contributed by atoms with Crippen LogP contribution >= 0.6 is 0 Å². The Hall–Kier alpha value is -2.66. The number of hydrogen-bond donors (Lipinski definition) is 0. The Labute approximate surface area is 154 Å². The fraction of sp³-hybridized carbons (Fsp3) is 0.333. The molecule has 3 aromatic rings. The van der Waals surface area contributed by atoms with Crippen LogP contribution in [0, 0.1) is 6.92 Å². The van der Waals surface area contributed by atoms with Crippen LogP contribution in [0.2, 0.25) is 0 Å². The average molecular weight is 348 g/mol. The number of nitrogens with zero attached hydrogens (tertiary/aromatic N) is 4. The topological polar surface area (TPSA) is 45.4 Å². The summed E-state index contributed by atoms with van der Waals surface area (Å²) in [7, 11) is 0. The SMILES string of the molecule is Cc1cccc(N2CCN(Cc3nnc(Cc4ccccc4)o3)CC2)c1. The molecule has 0 bridgehead atoms. The van der Waals surface area contributed by atoms with E-state index in [2.05, 4.69) is 63.3 Å². The summed E-state index contributed by atoms with van der Waals surface area (Å²) < 4.78 is 5.84. The van der Waals surface area contributed by atoms with Crippen molar-refractivity contribution in [2.45, 2.75) is 19.9 Å². The van der Waals surface area contributed by atoms with Gasteiger partial charge in [0.2, 0.25) is 11.8 Å². The van der Waals surface area contributed by atoms with E-state index >= 15 is 0 Å². The van der Waals surface area contributed by atoms with E-state index in [0.29, 0.717) is 18.2 Å². The highest BCUT2D eigenvalue weighted by Crippen LogP contribution is 2.18. The van der Waals surface area contributed by atoms with Crippen molar-refractivity contribution < 1.29 is 4.42 Å². The van der Waals surface area contributed by atoms with Crippen molar-refractivity contribution in [3.8, 4) is 0 Å². The lowest BCUT2D eigenvalue weighted by Crippen LogP contribution is -2.46. The smallest absolute Gasteiger partial charge is 0.230 e. The Kier molecular flexibility index (Phi) is 4.97. The molecule has 0 amide bonds. The van der Waals surface area contributed by atoms with Gasteiger partial charge in [-0.1, -0.05) is 42.5 Å². The van der Waals surface area contributed by atoms with Crippen LogP contribution in [-0.2, 0) is 13.0 Å². The molecular weight excluding hydrogens is 324 g/mol. The summed E-state index contributed by atoms with van der Waals surface area (Å²) in [5.41, 5.74) is 3.81. The molecule has 0 radical (unpaired) electrons. The highest BCUT2D eigenvalue weighted by Gasteiger charge is 2.19. The van der Waals surface area contributed by atoms with Gasteiger partial charge in [-0.3, -0.25) is 4.90 Å². The van der Waals surface area contributed by atoms with E-state index in [1.54, 1.807) is 0 Å². The van der Waals surface area contributed by atoms with Crippen LogP contribution in [0.3, 0.4) is 0 Å². The molecule has 1 aliphatic heterocycles. The van der Waals surface area contributed by atoms with Gasteiger partial charge in [-0.25, -0.2) is 0 Å². The molecule has 2 heterocycles. The van der Waals surface area contributed by atoms with Crippen molar-refractivity contribution in [3.05, 3.63) is 77.5 Å². The van der Waals surface area contributed by atoms with Crippen molar-refractivity contribution in [2.24, 2.45) is 0 Å². The molecule has 134 valence electrons. The minimum absolute atomic E-state index is 0.685. The third-order valence-corrected chi connectivity index (χ3v) is 4.80. The van der Waals surface area contributed by atoms with Gasteiger partial charge in [-0.15, -0.1) is 10.2 Å². The fourth-order valence-corrected chi connectivity index (χ4v) is 3.37. The number of hydrogen-bond acceptors (Lipinski definition) is 5. The second-order valence-electron chi connectivity index (χ2n) is 6.85. The molecule has 26 heavy (non-hydrogen) atoms. The molecular formula is C21H24N4O. The molecule has 0 saturated carbocycles. The summed E-state index contributed by atoms with van der Waals surface area (Å²) in [5, 5.41) is 8.42. The molecule has 0 atom stereocenters. The first-order valence-corrected chi connectivity index (χ1v) is 9.15. The normalized spacial score (nSPS) is 15.3. The van der Waals surface area contributed by atoms with E-state index in [1.807, 2.05) is 18.2 Å². The molecule has 1 aliphatic rings. The summed E-state index contributed by atoms with van der Waals surface area (Å²) in [6.07, 6.45) is 0.689. The minimum atomic E-state index is 0.685. The van der Waals surface area contributed by atoms with Gasteiger partial charge >= 0.3 is 0 Å². The van der Waals surface area contributed by atoms with E-state index in [1.165, 1.54) is 16.8 Å². The molecule has 1 fully saturated rings. The average Bonchev–Trinajstić information content (AvgIpc) is 3.10. The van der Waals surface area contributed by atoms with Crippen LogP contribution in [0.5, 0.6) is 0 Å². The van der Waals surface area contributed by atoms with Gasteiger partial charge < -0.3 is 9.32 Å². The van der Waals surface area contributed by atoms with Gasteiger partial charge in [0, 0.05) is 31.9 Å². The molecule has 4 rings (SSSR count). The van der Waals surface area contributed by atoms with Gasteiger partial charge in [-0.05, 0) is 30.2 Å². The summed E-state index contributed by atoms with van der Waals surface area (Å²) >= 11 is 0. The zero-order valence-corrected chi connectivity index (χ0v) is 15.1. The van der Waals surface area contributed by atoms with Crippen LogP contribution in [0.25, 0.3) is 0 Å². The lowest BCUT2D eigenvalue weighted by atomic mass is 10.2. The van der Waals surface area contributed by atoms with Crippen molar-refractivity contribution >= 4 is 5.69 Å². The highest BCUT2D eigenvalue weighted by atomic mass is 16.4. The van der Waals surface area contributed by atoms with Crippen molar-refractivity contribution in [1.29, 1.82) is 0 Å². The number of aryl methyl sites for hydroxylation is 1. The Morgan fingerprint density at radius 2 is 1.65 bits per heavy atom. The van der Waals surface area contributed by atoms with Crippen LogP contribution in [0.1, 0.15) is 22.9 Å². The lowest BCUT2D eigenvalue weighted by Gasteiger charge is -2.35. The molecule has 1 aromatic heterocycles. The van der Waals surface area contributed by atoms with E-state index in [4.69, 9.17) is 4.42 Å². The van der Waals surface area contributed by atoms with Gasteiger partial charge in [-0.2, -0.15) is 0 Å². The van der Waals surface area contributed by atoms with Gasteiger partial charge in [0.15, 0.2) is 0 Å². The van der Waals surface area contributed by atoms with E-state index in [0.717, 1.165) is 32.7 Å². The first-order chi connectivity index (χ1) is 12.8. The van der Waals surface area contributed by atoms with Gasteiger partial charge in [0.1, 0.15) is 0 Å². The third kappa shape index (κ3) is 4.11. The van der Waals surface area contributed by atoms with Crippen LogP contribution < -0.4 is 4.90 Å². The fourth-order valence-electron chi connectivity index (χ4n) is 3.37. The van der Waals surface area contributed by atoms with E-state index in [9.17, 15) is 0 Å². The maximum atomic E-state index is 5.84. The van der Waals surface area contributed by atoms with Crippen LogP contribution in [-0.4, -0.2) is 41.3 Å². The predicted octanol–water partition coefficient (Wildman–Crippen LogP) is 3.29. The number of piperazine rings is 1. The summed E-state index contributed by atoms with van der Waals surface area (Å²) in [5.74, 6) is 1.39. The molecule has 2 aromatic carbocycles. The summed E-state index contributed by atoms with van der Waals surface area (Å²) in [6, 6.07) is 18.9. The van der Waals surface area contributed by atoms with Crippen LogP contribution in [0.4, 0.5) is 5.69 Å². The zero-order valence-electron chi connectivity index (χ0n) is 15.1. The van der Waals surface area contributed by atoms with E-state index in [-0.39, 0.29) is 0 Å². The largest absolute Gasteiger partial charge is 0.424 e. The van der Waals surface area contributed by atoms with Crippen molar-refractivity contribution in [3.63, 3.8) is 0 Å². The maximum absolute atomic E-state index is 5.84. The summed E-state index contributed by atoms with van der Waals surface area (Å²) in [4.78, 5) is 4.82. The number of anilines is 1. The quantitative estimate of drug-likeness (QED) is 0.708. The number of rotatable bonds is 5. The van der Waals surface area contributed by atoms with Gasteiger partial charge in [0.25, 0.3) is 0 Å². The molecule has 0 N–H and O–H groups in total. The minimum Gasteiger partial charge on any atom is -0.424 e. The maximum Gasteiger partial charge on any atom is 0.230 e. The second-order valence-corrected chi connectivity index (χ2v) is 6.85. The Bertz CT molecular complexity index is 838. The first kappa shape index (κ1) is 16.8. The monoisotopic (exact) mass is 348 g/mol. The highest BCUT2D eigenvalue weighted by molar-refractivity contribution is 5.48. The first-order valence-electron chi connectivity index (χ1n) is 9.15. The Morgan fingerprint density at radius 3 is 2.42 bits per heavy atom. The molecule has 0 unspecified atom stereocenters. The molecule has 0 spiro atoms. The second kappa shape index (κ2) is 7.70. The predicted molar refractivity (Wildman–Crippen MR) is 102 cm³/mol. The van der Waals surface area contributed by atoms with Gasteiger partial charge in [0.05, 0.1) is 13.0 Å². The number of benzene rings is 2. The standard InChI is InChI=1S/C21H24N4O/c1-17-6-5-9-19(14-17)25-12-10-24(11-13-25)16-21-23-22-20(26-21)15-18-7-3-2-4-8-18/h2-9,14H,10-13,15-16H2,1H3. The zero-order chi connectivity index (χ0) is 17.8. The Morgan fingerprint density at radius 1 is 0.885 bits per heavy atom. The van der Waals surface area contributed by atoms with Crippen LogP contribution in [0.15, 0.2) is 59.0 Å². The lowest BCUT2D eigenvalue weighted by molar-refractivity contribution is 0.224. The third-order valence-electron chi connectivity index (χ3n) is 4.80. The molecule has 5 nitrogen and oxygen atoms in total.